The molecule has 2 aliphatic rings. The van der Waals surface area contributed by atoms with Crippen LogP contribution in [-0.4, -0.2) is 96.0 Å². The number of carbonyl (C=O) groups excluding carboxylic acids is 5. The molecule has 4 atom stereocenters. The van der Waals surface area contributed by atoms with E-state index in [9.17, 15) is 33.9 Å². The minimum Gasteiger partial charge on any atom is -0.480 e. The first-order chi connectivity index (χ1) is 17.7. The third kappa shape index (κ3) is 11.2. The smallest absolute Gasteiger partial charge is 0.326 e. The first kappa shape index (κ1) is 30.2. The third-order valence-electron chi connectivity index (χ3n) is 6.03. The molecule has 0 unspecified atom stereocenters. The summed E-state index contributed by atoms with van der Waals surface area (Å²) in [7, 11) is 0. The van der Waals surface area contributed by atoms with E-state index in [1.807, 2.05) is 11.8 Å². The van der Waals surface area contributed by atoms with Crippen LogP contribution in [0.5, 0.6) is 0 Å². The van der Waals surface area contributed by atoms with Crippen LogP contribution >= 0.6 is 11.8 Å². The van der Waals surface area contributed by atoms with Crippen LogP contribution in [0.15, 0.2) is 0 Å². The molecule has 6 amide bonds. The number of hydrogen-bond acceptors (Lipinski definition) is 8. The maximum Gasteiger partial charge on any atom is 0.326 e. The summed E-state index contributed by atoms with van der Waals surface area (Å²) in [5, 5.41) is 25.3. The second-order valence-corrected chi connectivity index (χ2v) is 10.2. The number of carbonyl (C=O) groups is 6. The Bertz CT molecular complexity index is 844. The lowest BCUT2D eigenvalue weighted by atomic mass is 10.0. The average Bonchev–Trinajstić information content (AvgIpc) is 3.41. The Morgan fingerprint density at radius 1 is 0.946 bits per heavy atom. The Morgan fingerprint density at radius 2 is 1.68 bits per heavy atom. The van der Waals surface area contributed by atoms with Gasteiger partial charge < -0.3 is 42.7 Å². The van der Waals surface area contributed by atoms with E-state index in [-0.39, 0.29) is 43.5 Å². The van der Waals surface area contributed by atoms with E-state index >= 15 is 0 Å². The van der Waals surface area contributed by atoms with Crippen molar-refractivity contribution in [1.82, 2.24) is 31.9 Å². The SMILES string of the molecule is NCC(=O)NCC(=O)NCC(=O)N[C@@H](CCCCNC(=O)CCCC[C@@H]1SC[C@@H]2NC(=O)N[C@@H]21)C(=O)O. The van der Waals surface area contributed by atoms with Crippen LogP contribution in [0.2, 0.25) is 0 Å². The quantitative estimate of drug-likeness (QED) is 0.0733. The molecule has 2 aliphatic heterocycles. The van der Waals surface area contributed by atoms with E-state index < -0.39 is 36.3 Å². The molecule has 0 spiro atoms. The van der Waals surface area contributed by atoms with Crippen molar-refractivity contribution in [2.45, 2.75) is 68.3 Å². The topological polar surface area (TPSA) is 221 Å². The van der Waals surface area contributed by atoms with Crippen LogP contribution in [0.3, 0.4) is 0 Å². The van der Waals surface area contributed by atoms with Crippen molar-refractivity contribution >= 4 is 47.4 Å². The molecule has 9 N–H and O–H groups in total. The number of carboxylic acids is 1. The van der Waals surface area contributed by atoms with Crippen molar-refractivity contribution in [3.63, 3.8) is 0 Å². The van der Waals surface area contributed by atoms with Gasteiger partial charge in [0.25, 0.3) is 0 Å². The number of urea groups is 1. The lowest BCUT2D eigenvalue weighted by molar-refractivity contribution is -0.142. The van der Waals surface area contributed by atoms with Crippen LogP contribution < -0.4 is 37.6 Å². The van der Waals surface area contributed by atoms with Crippen LogP contribution in [0, 0.1) is 0 Å². The van der Waals surface area contributed by atoms with Crippen molar-refractivity contribution in [3.05, 3.63) is 0 Å². The van der Waals surface area contributed by atoms with Gasteiger partial charge in [0, 0.05) is 24.0 Å². The molecule has 2 saturated heterocycles. The second-order valence-electron chi connectivity index (χ2n) is 8.93. The van der Waals surface area contributed by atoms with E-state index in [2.05, 4.69) is 31.9 Å². The maximum atomic E-state index is 12.0. The van der Waals surface area contributed by atoms with Crippen molar-refractivity contribution in [3.8, 4) is 0 Å². The summed E-state index contributed by atoms with van der Waals surface area (Å²) in [6.45, 7) is -0.624. The van der Waals surface area contributed by atoms with Gasteiger partial charge in [0.15, 0.2) is 0 Å². The highest BCUT2D eigenvalue weighted by atomic mass is 32.2. The highest BCUT2D eigenvalue weighted by Gasteiger charge is 2.42. The van der Waals surface area contributed by atoms with Gasteiger partial charge in [0.2, 0.25) is 23.6 Å². The molecule has 0 aliphatic carbocycles. The zero-order valence-corrected chi connectivity index (χ0v) is 21.5. The second kappa shape index (κ2) is 15.9. The highest BCUT2D eigenvalue weighted by Crippen LogP contribution is 2.33. The molecular weight excluding hydrogens is 506 g/mol. The van der Waals surface area contributed by atoms with Gasteiger partial charge >= 0.3 is 12.0 Å². The fraction of sp³-hybridized carbons (Fsp3) is 0.727. The summed E-state index contributed by atoms with van der Waals surface area (Å²) in [4.78, 5) is 69.4. The fourth-order valence-corrected chi connectivity index (χ4v) is 5.60. The van der Waals surface area contributed by atoms with E-state index in [0.717, 1.165) is 25.0 Å². The predicted octanol–water partition coefficient (Wildman–Crippen LogP) is -2.24. The number of aliphatic carboxylic acids is 1. The number of unbranched alkanes of at least 4 members (excludes halogenated alkanes) is 2. The summed E-state index contributed by atoms with van der Waals surface area (Å²) in [6.07, 6.45) is 4.19. The van der Waals surface area contributed by atoms with Gasteiger partial charge in [0.05, 0.1) is 31.7 Å². The Morgan fingerprint density at radius 3 is 2.41 bits per heavy atom. The Hall–Kier alpha value is -3.07. The molecule has 2 fully saturated rings. The largest absolute Gasteiger partial charge is 0.480 e. The number of nitrogens with two attached hydrogens (primary N) is 1. The number of carboxylic acid groups (broad SMARTS) is 1. The molecule has 0 aromatic rings. The number of nitrogens with one attached hydrogen (secondary N) is 6. The highest BCUT2D eigenvalue weighted by molar-refractivity contribution is 8.00. The van der Waals surface area contributed by atoms with Crippen LogP contribution in [-0.2, 0) is 24.0 Å². The minimum absolute atomic E-state index is 0.0609. The monoisotopic (exact) mass is 543 g/mol. The minimum atomic E-state index is -1.20. The van der Waals surface area contributed by atoms with Crippen molar-refractivity contribution in [1.29, 1.82) is 0 Å². The Kier molecular flexibility index (Phi) is 13.0. The van der Waals surface area contributed by atoms with Crippen LogP contribution in [0.1, 0.15) is 44.9 Å². The van der Waals surface area contributed by atoms with Gasteiger partial charge in [-0.15, -0.1) is 0 Å². The van der Waals surface area contributed by atoms with Crippen LogP contribution in [0.25, 0.3) is 0 Å². The fourth-order valence-electron chi connectivity index (χ4n) is 4.06. The standard InChI is InChI=1S/C22H37N7O7S/c23-9-17(31)25-10-18(32)26-11-19(33)27-13(21(34)35)5-3-4-8-24-16(30)7-2-1-6-15-20-14(12-37-15)28-22(36)29-20/h13-15,20H,1-12,23H2,(H,24,30)(H,25,31)(H,26,32)(H,27,33)(H,34,35)(H2,28,29,36)/t13-,14-,15-,20-/m0/s1. The maximum absolute atomic E-state index is 12.0. The summed E-state index contributed by atoms with van der Waals surface area (Å²) < 4.78 is 0. The lowest BCUT2D eigenvalue weighted by Gasteiger charge is -2.16. The van der Waals surface area contributed by atoms with E-state index in [4.69, 9.17) is 5.73 Å². The van der Waals surface area contributed by atoms with Gasteiger partial charge in [-0.1, -0.05) is 6.42 Å². The van der Waals surface area contributed by atoms with Gasteiger partial charge in [-0.2, -0.15) is 11.8 Å². The molecule has 0 radical (unpaired) electrons. The molecular formula is C22H37N7O7S. The third-order valence-corrected chi connectivity index (χ3v) is 7.54. The first-order valence-corrected chi connectivity index (χ1v) is 13.5. The van der Waals surface area contributed by atoms with Crippen molar-refractivity contribution in [2.75, 3.05) is 31.9 Å². The molecule has 15 heteroatoms. The van der Waals surface area contributed by atoms with Gasteiger partial charge in [0.1, 0.15) is 6.04 Å². The predicted molar refractivity (Wildman–Crippen MR) is 135 cm³/mol. The molecule has 2 heterocycles. The zero-order chi connectivity index (χ0) is 27.2. The van der Waals surface area contributed by atoms with Crippen molar-refractivity contribution in [2.24, 2.45) is 5.73 Å². The van der Waals surface area contributed by atoms with Crippen molar-refractivity contribution < 1.29 is 33.9 Å². The summed E-state index contributed by atoms with van der Waals surface area (Å²) in [5.41, 5.74) is 5.10. The van der Waals surface area contributed by atoms with Gasteiger partial charge in [-0.3, -0.25) is 19.2 Å². The Labute approximate surface area is 219 Å². The van der Waals surface area contributed by atoms with Gasteiger partial charge in [-0.05, 0) is 32.1 Å². The molecule has 0 aromatic carbocycles. The lowest BCUT2D eigenvalue weighted by Crippen LogP contribution is -2.47. The molecule has 0 bridgehead atoms. The first-order valence-electron chi connectivity index (χ1n) is 12.4. The molecule has 2 rings (SSSR count). The van der Waals surface area contributed by atoms with Crippen LogP contribution in [0.4, 0.5) is 4.79 Å². The summed E-state index contributed by atoms with van der Waals surface area (Å²) in [5.74, 6) is -2.14. The van der Waals surface area contributed by atoms with Gasteiger partial charge in [-0.25, -0.2) is 9.59 Å². The average molecular weight is 544 g/mol. The van der Waals surface area contributed by atoms with E-state index in [1.54, 1.807) is 0 Å². The number of thioether (sulfide) groups is 1. The normalized spacial score (nSPS) is 20.7. The zero-order valence-electron chi connectivity index (χ0n) is 20.7. The molecule has 37 heavy (non-hydrogen) atoms. The number of fused-ring (bicyclic) bond motifs is 1. The molecule has 0 aromatic heterocycles. The number of rotatable bonds is 17. The molecule has 208 valence electrons. The Balaban J connectivity index is 1.50. The summed E-state index contributed by atoms with van der Waals surface area (Å²) >= 11 is 1.85. The number of amides is 6. The molecule has 14 nitrogen and oxygen atoms in total. The van der Waals surface area contributed by atoms with E-state index in [0.29, 0.717) is 31.1 Å². The number of hydrogen-bond donors (Lipinski definition) is 8. The van der Waals surface area contributed by atoms with E-state index in [1.165, 1.54) is 0 Å². The molecule has 0 saturated carbocycles. The summed E-state index contributed by atoms with van der Waals surface area (Å²) in [6, 6.07) is -0.861.